The SMILES string of the molecule is Cl.O=C1c2ccccc2Sc2ccccc2N1CCCN1CCN(c2ccc(F)cc2)CC1. The van der Waals surface area contributed by atoms with Crippen LogP contribution in [0.5, 0.6) is 0 Å². The van der Waals surface area contributed by atoms with Gasteiger partial charge in [0.15, 0.2) is 0 Å². The molecule has 1 saturated heterocycles. The Kier molecular flexibility index (Phi) is 7.58. The molecule has 2 aliphatic rings. The first-order chi connectivity index (χ1) is 15.7. The first kappa shape index (κ1) is 23.6. The number of amides is 1. The molecule has 0 saturated carbocycles. The predicted octanol–water partition coefficient (Wildman–Crippen LogP) is 5.57. The molecule has 33 heavy (non-hydrogen) atoms. The Bertz CT molecular complexity index is 1100. The number of piperazine rings is 1. The van der Waals surface area contributed by atoms with Crippen molar-refractivity contribution in [2.45, 2.75) is 16.2 Å². The van der Waals surface area contributed by atoms with Crippen molar-refractivity contribution in [3.63, 3.8) is 0 Å². The Morgan fingerprint density at radius 2 is 1.45 bits per heavy atom. The van der Waals surface area contributed by atoms with Crippen molar-refractivity contribution >= 4 is 41.5 Å². The number of hydrogen-bond acceptors (Lipinski definition) is 4. The van der Waals surface area contributed by atoms with Crippen LogP contribution in [0.2, 0.25) is 0 Å². The Balaban J connectivity index is 0.00000259. The molecule has 0 bridgehead atoms. The molecule has 0 aliphatic carbocycles. The summed E-state index contributed by atoms with van der Waals surface area (Å²) in [6.45, 7) is 5.46. The predicted molar refractivity (Wildman–Crippen MR) is 136 cm³/mol. The van der Waals surface area contributed by atoms with Crippen molar-refractivity contribution in [1.82, 2.24) is 4.90 Å². The van der Waals surface area contributed by atoms with Crippen molar-refractivity contribution in [2.75, 3.05) is 49.1 Å². The van der Waals surface area contributed by atoms with E-state index in [1.807, 2.05) is 59.5 Å². The van der Waals surface area contributed by atoms with Gasteiger partial charge in [0.25, 0.3) is 5.91 Å². The zero-order chi connectivity index (χ0) is 21.9. The summed E-state index contributed by atoms with van der Waals surface area (Å²) in [6.07, 6.45) is 0.920. The van der Waals surface area contributed by atoms with Gasteiger partial charge >= 0.3 is 0 Å². The van der Waals surface area contributed by atoms with Gasteiger partial charge in [-0.2, -0.15) is 0 Å². The second kappa shape index (κ2) is 10.6. The van der Waals surface area contributed by atoms with E-state index in [1.165, 1.54) is 12.1 Å². The number of para-hydroxylation sites is 1. The van der Waals surface area contributed by atoms with E-state index in [4.69, 9.17) is 0 Å². The molecule has 0 radical (unpaired) electrons. The first-order valence-electron chi connectivity index (χ1n) is 11.1. The molecule has 1 fully saturated rings. The Morgan fingerprint density at radius 3 is 2.21 bits per heavy atom. The van der Waals surface area contributed by atoms with Crippen LogP contribution >= 0.6 is 24.2 Å². The number of halogens is 2. The van der Waals surface area contributed by atoms with Gasteiger partial charge in [-0.25, -0.2) is 4.39 Å². The van der Waals surface area contributed by atoms with Gasteiger partial charge in [-0.1, -0.05) is 36.0 Å². The van der Waals surface area contributed by atoms with E-state index in [9.17, 15) is 9.18 Å². The molecule has 2 heterocycles. The number of benzene rings is 3. The molecular formula is C26H27ClFN3OS. The van der Waals surface area contributed by atoms with Crippen LogP contribution in [-0.4, -0.2) is 50.1 Å². The third-order valence-electron chi connectivity index (χ3n) is 6.16. The Labute approximate surface area is 204 Å². The molecule has 2 aliphatic heterocycles. The van der Waals surface area contributed by atoms with Crippen molar-refractivity contribution in [2.24, 2.45) is 0 Å². The molecule has 0 spiro atoms. The minimum atomic E-state index is -0.196. The van der Waals surface area contributed by atoms with E-state index >= 15 is 0 Å². The lowest BCUT2D eigenvalue weighted by molar-refractivity contribution is 0.0982. The van der Waals surface area contributed by atoms with Gasteiger partial charge in [0, 0.05) is 48.2 Å². The van der Waals surface area contributed by atoms with Gasteiger partial charge < -0.3 is 9.80 Å². The number of carbonyl (C=O) groups excluding carboxylic acids is 1. The van der Waals surface area contributed by atoms with E-state index in [0.29, 0.717) is 6.54 Å². The van der Waals surface area contributed by atoms with E-state index in [0.717, 1.165) is 65.9 Å². The lowest BCUT2D eigenvalue weighted by Gasteiger charge is -2.36. The van der Waals surface area contributed by atoms with Crippen LogP contribution in [0.4, 0.5) is 15.8 Å². The molecule has 0 unspecified atom stereocenters. The van der Waals surface area contributed by atoms with Crippen LogP contribution in [0.1, 0.15) is 16.8 Å². The molecular weight excluding hydrogens is 457 g/mol. The molecule has 0 aromatic heterocycles. The van der Waals surface area contributed by atoms with Crippen LogP contribution in [-0.2, 0) is 0 Å². The van der Waals surface area contributed by atoms with Gasteiger partial charge in [-0.15, -0.1) is 12.4 Å². The van der Waals surface area contributed by atoms with Gasteiger partial charge in [0.1, 0.15) is 5.82 Å². The third kappa shape index (κ3) is 5.18. The smallest absolute Gasteiger partial charge is 0.259 e. The summed E-state index contributed by atoms with van der Waals surface area (Å²) in [6, 6.07) is 22.8. The van der Waals surface area contributed by atoms with Crippen LogP contribution in [0.15, 0.2) is 82.6 Å². The number of fused-ring (bicyclic) bond motifs is 2. The maximum Gasteiger partial charge on any atom is 0.259 e. The summed E-state index contributed by atoms with van der Waals surface area (Å²) in [4.78, 5) is 22.2. The largest absolute Gasteiger partial charge is 0.369 e. The molecule has 0 atom stereocenters. The second-order valence-electron chi connectivity index (χ2n) is 8.18. The van der Waals surface area contributed by atoms with Crippen LogP contribution in [0, 0.1) is 5.82 Å². The fourth-order valence-corrected chi connectivity index (χ4v) is 5.51. The maximum absolute atomic E-state index is 13.4. The molecule has 3 aromatic rings. The highest BCUT2D eigenvalue weighted by Crippen LogP contribution is 2.41. The number of nitrogens with zero attached hydrogens (tertiary/aromatic N) is 3. The van der Waals surface area contributed by atoms with E-state index < -0.39 is 0 Å². The molecule has 1 amide bonds. The highest BCUT2D eigenvalue weighted by molar-refractivity contribution is 7.99. The van der Waals surface area contributed by atoms with Crippen molar-refractivity contribution in [1.29, 1.82) is 0 Å². The quantitative estimate of drug-likeness (QED) is 0.474. The van der Waals surface area contributed by atoms with Crippen molar-refractivity contribution in [3.8, 4) is 0 Å². The lowest BCUT2D eigenvalue weighted by atomic mass is 10.1. The summed E-state index contributed by atoms with van der Waals surface area (Å²) in [5.41, 5.74) is 2.86. The fourth-order valence-electron chi connectivity index (χ4n) is 4.43. The summed E-state index contributed by atoms with van der Waals surface area (Å²) < 4.78 is 13.2. The zero-order valence-corrected chi connectivity index (χ0v) is 20.0. The average Bonchev–Trinajstić information content (AvgIpc) is 2.95. The number of hydrogen-bond donors (Lipinski definition) is 0. The summed E-state index contributed by atoms with van der Waals surface area (Å²) in [7, 11) is 0. The van der Waals surface area contributed by atoms with Crippen LogP contribution in [0.25, 0.3) is 0 Å². The van der Waals surface area contributed by atoms with Crippen molar-refractivity contribution < 1.29 is 9.18 Å². The van der Waals surface area contributed by atoms with Gasteiger partial charge in [-0.05, 0) is 61.5 Å². The molecule has 7 heteroatoms. The highest BCUT2D eigenvalue weighted by Gasteiger charge is 2.27. The third-order valence-corrected chi connectivity index (χ3v) is 7.30. The Morgan fingerprint density at radius 1 is 0.788 bits per heavy atom. The van der Waals surface area contributed by atoms with Crippen molar-refractivity contribution in [3.05, 3.63) is 84.2 Å². The monoisotopic (exact) mass is 483 g/mol. The highest BCUT2D eigenvalue weighted by atomic mass is 35.5. The van der Waals surface area contributed by atoms with E-state index in [1.54, 1.807) is 11.8 Å². The van der Waals surface area contributed by atoms with Crippen LogP contribution in [0.3, 0.4) is 0 Å². The minimum Gasteiger partial charge on any atom is -0.369 e. The number of anilines is 2. The molecule has 4 nitrogen and oxygen atoms in total. The topological polar surface area (TPSA) is 26.8 Å². The molecule has 172 valence electrons. The lowest BCUT2D eigenvalue weighted by Crippen LogP contribution is -2.47. The zero-order valence-electron chi connectivity index (χ0n) is 18.3. The van der Waals surface area contributed by atoms with E-state index in [-0.39, 0.29) is 24.1 Å². The second-order valence-corrected chi connectivity index (χ2v) is 9.27. The maximum atomic E-state index is 13.4. The van der Waals surface area contributed by atoms with Gasteiger partial charge in [-0.3, -0.25) is 9.69 Å². The van der Waals surface area contributed by atoms with Gasteiger partial charge in [0.2, 0.25) is 0 Å². The fraction of sp³-hybridized carbons (Fsp3) is 0.269. The molecule has 5 rings (SSSR count). The molecule has 0 N–H and O–H groups in total. The standard InChI is InChI=1S/C26H26FN3OS.ClH/c27-20-10-12-21(13-11-20)29-18-16-28(17-19-29)14-5-15-30-23-7-2-4-9-25(23)32-24-8-3-1-6-22(24)26(30)31;/h1-4,6-13H,5,14-19H2;1H. The molecule has 3 aromatic carbocycles. The number of rotatable bonds is 5. The summed E-state index contributed by atoms with van der Waals surface area (Å²) >= 11 is 1.67. The summed E-state index contributed by atoms with van der Waals surface area (Å²) in [5.74, 6) is -0.114. The van der Waals surface area contributed by atoms with Crippen LogP contribution < -0.4 is 9.80 Å². The summed E-state index contributed by atoms with van der Waals surface area (Å²) in [5, 5.41) is 0. The van der Waals surface area contributed by atoms with E-state index in [2.05, 4.69) is 15.9 Å². The normalized spacial score (nSPS) is 16.0. The average molecular weight is 484 g/mol. The number of carbonyl (C=O) groups is 1. The minimum absolute atomic E-state index is 0. The first-order valence-corrected chi connectivity index (χ1v) is 11.9. The van der Waals surface area contributed by atoms with Gasteiger partial charge in [0.05, 0.1) is 11.3 Å². The Hall–Kier alpha value is -2.54.